The van der Waals surface area contributed by atoms with Crippen LogP contribution in [-0.4, -0.2) is 30.8 Å². The monoisotopic (exact) mass is 172 g/mol. The summed E-state index contributed by atoms with van der Waals surface area (Å²) in [6.45, 7) is 4.12. The highest BCUT2D eigenvalue weighted by Gasteiger charge is 2.41. The van der Waals surface area contributed by atoms with E-state index in [0.717, 1.165) is 13.0 Å². The van der Waals surface area contributed by atoms with Gasteiger partial charge in [0.05, 0.1) is 0 Å². The van der Waals surface area contributed by atoms with Gasteiger partial charge in [-0.1, -0.05) is 0 Å². The smallest absolute Gasteiger partial charge is 0.0436 e. The molecular weight excluding hydrogens is 152 g/mol. The Kier molecular flexibility index (Phi) is 3.50. The van der Waals surface area contributed by atoms with Crippen molar-refractivity contribution < 1.29 is 5.11 Å². The molecule has 1 aliphatic carbocycles. The molecule has 1 fully saturated rings. The molecule has 0 aliphatic heterocycles. The van der Waals surface area contributed by atoms with Gasteiger partial charge in [-0.3, -0.25) is 0 Å². The minimum Gasteiger partial charge on any atom is -0.396 e. The number of hydrogen-bond donors (Lipinski definition) is 3. The number of nitrogens with one attached hydrogen (secondary N) is 1. The second-order valence-corrected chi connectivity index (χ2v) is 3.99. The second kappa shape index (κ2) is 4.21. The van der Waals surface area contributed by atoms with Gasteiger partial charge in [0.1, 0.15) is 0 Å². The van der Waals surface area contributed by atoms with Crippen LogP contribution in [0.15, 0.2) is 0 Å². The average Bonchev–Trinajstić information content (AvgIpc) is 2.82. The van der Waals surface area contributed by atoms with Crippen molar-refractivity contribution in [2.45, 2.75) is 32.2 Å². The van der Waals surface area contributed by atoms with Gasteiger partial charge in [0, 0.05) is 25.7 Å². The molecule has 0 spiro atoms. The normalized spacial score (nSPS) is 22.2. The lowest BCUT2D eigenvalue weighted by Gasteiger charge is -2.17. The first kappa shape index (κ1) is 9.96. The van der Waals surface area contributed by atoms with Gasteiger partial charge in [-0.2, -0.15) is 0 Å². The molecule has 1 atom stereocenters. The third kappa shape index (κ3) is 2.73. The Labute approximate surface area is 74.3 Å². The molecule has 0 aromatic heterocycles. The summed E-state index contributed by atoms with van der Waals surface area (Å²) in [5.74, 6) is 0. The van der Waals surface area contributed by atoms with Crippen LogP contribution in [-0.2, 0) is 0 Å². The molecule has 1 rings (SSSR count). The highest BCUT2D eigenvalue weighted by molar-refractivity contribution is 4.94. The van der Waals surface area contributed by atoms with Crippen molar-refractivity contribution in [2.75, 3.05) is 19.7 Å². The van der Waals surface area contributed by atoms with Crippen molar-refractivity contribution in [3.05, 3.63) is 0 Å². The van der Waals surface area contributed by atoms with E-state index < -0.39 is 0 Å². The summed E-state index contributed by atoms with van der Waals surface area (Å²) < 4.78 is 0. The van der Waals surface area contributed by atoms with Crippen LogP contribution in [0, 0.1) is 5.41 Å². The molecule has 3 heteroatoms. The van der Waals surface area contributed by atoms with Crippen molar-refractivity contribution in [3.63, 3.8) is 0 Å². The van der Waals surface area contributed by atoms with Crippen molar-refractivity contribution in [1.29, 1.82) is 0 Å². The first-order chi connectivity index (χ1) is 5.72. The van der Waals surface area contributed by atoms with E-state index in [-0.39, 0.29) is 0 Å². The lowest BCUT2D eigenvalue weighted by molar-refractivity contribution is 0.243. The van der Waals surface area contributed by atoms with Gasteiger partial charge in [-0.15, -0.1) is 0 Å². The molecule has 0 bridgehead atoms. The third-order valence-corrected chi connectivity index (χ3v) is 2.78. The molecule has 0 aromatic rings. The number of rotatable bonds is 6. The Bertz CT molecular complexity index is 134. The van der Waals surface area contributed by atoms with E-state index in [2.05, 4.69) is 12.2 Å². The van der Waals surface area contributed by atoms with E-state index in [1.807, 2.05) is 0 Å². The largest absolute Gasteiger partial charge is 0.396 e. The summed E-state index contributed by atoms with van der Waals surface area (Å²) >= 11 is 0. The maximum Gasteiger partial charge on any atom is 0.0436 e. The van der Waals surface area contributed by atoms with Crippen LogP contribution < -0.4 is 11.1 Å². The van der Waals surface area contributed by atoms with E-state index >= 15 is 0 Å². The van der Waals surface area contributed by atoms with Crippen LogP contribution >= 0.6 is 0 Å². The SMILES string of the molecule is CC(CN)NCC1(CCO)CC1. The minimum atomic E-state index is 0.318. The summed E-state index contributed by atoms with van der Waals surface area (Å²) in [5.41, 5.74) is 5.90. The van der Waals surface area contributed by atoms with Crippen LogP contribution in [0.3, 0.4) is 0 Å². The fourth-order valence-electron chi connectivity index (χ4n) is 1.40. The highest BCUT2D eigenvalue weighted by Crippen LogP contribution is 2.47. The van der Waals surface area contributed by atoms with Gasteiger partial charge in [0.2, 0.25) is 0 Å². The predicted octanol–water partition coefficient (Wildman–Crippen LogP) is 0.0858. The zero-order valence-electron chi connectivity index (χ0n) is 7.84. The highest BCUT2D eigenvalue weighted by atomic mass is 16.3. The van der Waals surface area contributed by atoms with Crippen molar-refractivity contribution in [1.82, 2.24) is 5.32 Å². The van der Waals surface area contributed by atoms with Gasteiger partial charge in [0.25, 0.3) is 0 Å². The lowest BCUT2D eigenvalue weighted by Crippen LogP contribution is -2.37. The average molecular weight is 172 g/mol. The lowest BCUT2D eigenvalue weighted by atomic mass is 10.0. The van der Waals surface area contributed by atoms with Crippen LogP contribution in [0.25, 0.3) is 0 Å². The Balaban J connectivity index is 2.13. The standard InChI is InChI=1S/C9H20N2O/c1-8(6-10)11-7-9(2-3-9)4-5-12/h8,11-12H,2-7,10H2,1H3. The van der Waals surface area contributed by atoms with E-state index in [9.17, 15) is 0 Å². The van der Waals surface area contributed by atoms with Gasteiger partial charge in [0.15, 0.2) is 0 Å². The third-order valence-electron chi connectivity index (χ3n) is 2.78. The number of aliphatic hydroxyl groups is 1. The maximum atomic E-state index is 8.81. The molecule has 1 saturated carbocycles. The Morgan fingerprint density at radius 1 is 1.58 bits per heavy atom. The molecule has 0 heterocycles. The number of hydrogen-bond acceptors (Lipinski definition) is 3. The van der Waals surface area contributed by atoms with Crippen LogP contribution in [0.4, 0.5) is 0 Å². The van der Waals surface area contributed by atoms with Crippen molar-refractivity contribution in [2.24, 2.45) is 11.1 Å². The summed E-state index contributed by atoms with van der Waals surface area (Å²) in [4.78, 5) is 0. The zero-order chi connectivity index (χ0) is 9.03. The molecule has 72 valence electrons. The Morgan fingerprint density at radius 2 is 2.25 bits per heavy atom. The molecule has 1 aliphatic rings. The maximum absolute atomic E-state index is 8.81. The zero-order valence-corrected chi connectivity index (χ0v) is 7.84. The first-order valence-electron chi connectivity index (χ1n) is 4.77. The molecule has 3 nitrogen and oxygen atoms in total. The van der Waals surface area contributed by atoms with Gasteiger partial charge < -0.3 is 16.2 Å². The molecule has 4 N–H and O–H groups in total. The van der Waals surface area contributed by atoms with E-state index in [1.165, 1.54) is 12.8 Å². The van der Waals surface area contributed by atoms with Gasteiger partial charge >= 0.3 is 0 Å². The fraction of sp³-hybridized carbons (Fsp3) is 1.00. The van der Waals surface area contributed by atoms with Crippen molar-refractivity contribution in [3.8, 4) is 0 Å². The number of aliphatic hydroxyl groups excluding tert-OH is 1. The van der Waals surface area contributed by atoms with E-state index in [1.54, 1.807) is 0 Å². The van der Waals surface area contributed by atoms with Crippen LogP contribution in [0.2, 0.25) is 0 Å². The molecule has 1 unspecified atom stereocenters. The minimum absolute atomic E-state index is 0.318. The molecule has 12 heavy (non-hydrogen) atoms. The first-order valence-corrected chi connectivity index (χ1v) is 4.77. The molecule has 0 amide bonds. The number of nitrogens with two attached hydrogens (primary N) is 1. The quantitative estimate of drug-likeness (QED) is 0.532. The van der Waals surface area contributed by atoms with E-state index in [4.69, 9.17) is 10.8 Å². The summed E-state index contributed by atoms with van der Waals surface area (Å²) in [6.07, 6.45) is 3.47. The topological polar surface area (TPSA) is 58.3 Å². The second-order valence-electron chi connectivity index (χ2n) is 3.99. The molecule has 0 aromatic carbocycles. The molecule has 0 saturated heterocycles. The van der Waals surface area contributed by atoms with Crippen molar-refractivity contribution >= 4 is 0 Å². The van der Waals surface area contributed by atoms with Crippen LogP contribution in [0.1, 0.15) is 26.2 Å². The van der Waals surface area contributed by atoms with Gasteiger partial charge in [-0.25, -0.2) is 0 Å². The Hall–Kier alpha value is -0.120. The van der Waals surface area contributed by atoms with Crippen LogP contribution in [0.5, 0.6) is 0 Å². The molecular formula is C9H20N2O. The summed E-state index contributed by atoms with van der Waals surface area (Å²) in [5, 5.41) is 12.2. The fourth-order valence-corrected chi connectivity index (χ4v) is 1.40. The Morgan fingerprint density at radius 3 is 2.67 bits per heavy atom. The molecule has 0 radical (unpaired) electrons. The summed E-state index contributed by atoms with van der Waals surface area (Å²) in [6, 6.07) is 0.404. The predicted molar refractivity (Wildman–Crippen MR) is 49.9 cm³/mol. The van der Waals surface area contributed by atoms with Gasteiger partial charge in [-0.05, 0) is 31.6 Å². The summed E-state index contributed by atoms with van der Waals surface area (Å²) in [7, 11) is 0. The van der Waals surface area contributed by atoms with E-state index in [0.29, 0.717) is 24.6 Å².